The summed E-state index contributed by atoms with van der Waals surface area (Å²) in [7, 11) is 0. The number of H-pyrrole nitrogens is 1. The molecular formula is C14H15N3O3. The number of nitrogens with zero attached hydrogens (tertiary/aromatic N) is 2. The van der Waals surface area contributed by atoms with E-state index < -0.39 is 5.97 Å². The second-order valence-corrected chi connectivity index (χ2v) is 5.06. The van der Waals surface area contributed by atoms with Crippen molar-refractivity contribution in [2.24, 2.45) is 0 Å². The minimum Gasteiger partial charge on any atom is -0.480 e. The lowest BCUT2D eigenvalue weighted by Gasteiger charge is -2.18. The molecule has 6 heteroatoms. The van der Waals surface area contributed by atoms with Gasteiger partial charge in [0.05, 0.1) is 17.6 Å². The van der Waals surface area contributed by atoms with Crippen LogP contribution in [-0.4, -0.2) is 38.5 Å². The van der Waals surface area contributed by atoms with E-state index >= 15 is 0 Å². The number of rotatable bonds is 5. The fourth-order valence-electron chi connectivity index (χ4n) is 2.29. The van der Waals surface area contributed by atoms with Gasteiger partial charge in [-0.2, -0.15) is 0 Å². The molecule has 1 aliphatic rings. The van der Waals surface area contributed by atoms with Crippen molar-refractivity contribution in [3.63, 3.8) is 0 Å². The van der Waals surface area contributed by atoms with Gasteiger partial charge in [0, 0.05) is 12.6 Å². The zero-order valence-electron chi connectivity index (χ0n) is 10.9. The van der Waals surface area contributed by atoms with E-state index in [1.54, 1.807) is 11.0 Å². The van der Waals surface area contributed by atoms with Crippen LogP contribution < -0.4 is 5.56 Å². The Kier molecular flexibility index (Phi) is 3.23. The maximum atomic E-state index is 12.0. The van der Waals surface area contributed by atoms with Gasteiger partial charge in [-0.05, 0) is 25.0 Å². The zero-order chi connectivity index (χ0) is 14.1. The maximum Gasteiger partial charge on any atom is 0.317 e. The van der Waals surface area contributed by atoms with E-state index in [0.29, 0.717) is 16.7 Å². The molecule has 1 fully saturated rings. The molecular weight excluding hydrogens is 258 g/mol. The molecule has 1 aromatic carbocycles. The topological polar surface area (TPSA) is 86.3 Å². The first-order chi connectivity index (χ1) is 9.63. The van der Waals surface area contributed by atoms with Crippen molar-refractivity contribution in [1.29, 1.82) is 0 Å². The van der Waals surface area contributed by atoms with E-state index in [9.17, 15) is 9.59 Å². The van der Waals surface area contributed by atoms with Gasteiger partial charge < -0.3 is 10.1 Å². The van der Waals surface area contributed by atoms with Gasteiger partial charge in [-0.25, -0.2) is 4.98 Å². The second-order valence-electron chi connectivity index (χ2n) is 5.06. The molecule has 1 saturated carbocycles. The molecule has 0 atom stereocenters. The average Bonchev–Trinajstić information content (AvgIpc) is 3.22. The van der Waals surface area contributed by atoms with Crippen LogP contribution in [0.15, 0.2) is 29.1 Å². The van der Waals surface area contributed by atoms with E-state index in [-0.39, 0.29) is 24.7 Å². The van der Waals surface area contributed by atoms with Gasteiger partial charge in [0.2, 0.25) is 0 Å². The molecule has 0 bridgehead atoms. The normalized spacial score (nSPS) is 14.8. The third kappa shape index (κ3) is 2.70. The van der Waals surface area contributed by atoms with Crippen molar-refractivity contribution in [1.82, 2.24) is 14.9 Å². The van der Waals surface area contributed by atoms with Gasteiger partial charge in [-0.1, -0.05) is 12.1 Å². The molecule has 2 aromatic rings. The van der Waals surface area contributed by atoms with Crippen molar-refractivity contribution in [2.45, 2.75) is 25.4 Å². The Balaban J connectivity index is 1.90. The molecule has 0 saturated heterocycles. The summed E-state index contributed by atoms with van der Waals surface area (Å²) >= 11 is 0. The van der Waals surface area contributed by atoms with Crippen LogP contribution in [0.2, 0.25) is 0 Å². The molecule has 0 radical (unpaired) electrons. The largest absolute Gasteiger partial charge is 0.480 e. The van der Waals surface area contributed by atoms with Crippen molar-refractivity contribution in [2.75, 3.05) is 6.54 Å². The summed E-state index contributed by atoms with van der Waals surface area (Å²) in [6, 6.07) is 7.57. The molecule has 20 heavy (non-hydrogen) atoms. The highest BCUT2D eigenvalue weighted by Crippen LogP contribution is 2.27. The quantitative estimate of drug-likeness (QED) is 0.847. The number of fused-ring (bicyclic) bond motifs is 1. The predicted molar refractivity (Wildman–Crippen MR) is 73.4 cm³/mol. The summed E-state index contributed by atoms with van der Waals surface area (Å²) in [6.07, 6.45) is 1.97. The number of aliphatic carboxylic acids is 1. The first-order valence-electron chi connectivity index (χ1n) is 6.57. The fraction of sp³-hybridized carbons (Fsp3) is 0.357. The second kappa shape index (κ2) is 5.05. The van der Waals surface area contributed by atoms with E-state index in [1.807, 2.05) is 18.2 Å². The Bertz CT molecular complexity index is 706. The Morgan fingerprint density at radius 1 is 1.40 bits per heavy atom. The summed E-state index contributed by atoms with van der Waals surface area (Å²) in [4.78, 5) is 31.8. The molecule has 0 unspecified atom stereocenters. The highest BCUT2D eigenvalue weighted by Gasteiger charge is 2.31. The maximum absolute atomic E-state index is 12.0. The minimum absolute atomic E-state index is 0.0569. The third-order valence-electron chi connectivity index (χ3n) is 3.42. The Labute approximate surface area is 115 Å². The number of carbonyl (C=O) groups is 1. The Morgan fingerprint density at radius 3 is 2.85 bits per heavy atom. The molecule has 0 aliphatic heterocycles. The van der Waals surface area contributed by atoms with Crippen LogP contribution in [0.5, 0.6) is 0 Å². The number of carboxylic acid groups (broad SMARTS) is 1. The number of aromatic nitrogens is 2. The Hall–Kier alpha value is -2.21. The number of aromatic amines is 1. The molecule has 0 spiro atoms. The fourth-order valence-corrected chi connectivity index (χ4v) is 2.29. The van der Waals surface area contributed by atoms with Crippen molar-refractivity contribution >= 4 is 17.0 Å². The van der Waals surface area contributed by atoms with E-state index in [1.165, 1.54) is 0 Å². The summed E-state index contributed by atoms with van der Waals surface area (Å²) in [5, 5.41) is 8.93. The number of carboxylic acids is 1. The smallest absolute Gasteiger partial charge is 0.317 e. The summed E-state index contributed by atoms with van der Waals surface area (Å²) in [5.74, 6) is -0.880. The first-order valence-corrected chi connectivity index (χ1v) is 6.57. The number of para-hydroxylation sites is 2. The van der Waals surface area contributed by atoms with Crippen molar-refractivity contribution < 1.29 is 9.90 Å². The van der Waals surface area contributed by atoms with Crippen LogP contribution in [0.3, 0.4) is 0 Å². The van der Waals surface area contributed by atoms with Gasteiger partial charge in [-0.15, -0.1) is 0 Å². The van der Waals surface area contributed by atoms with E-state index in [0.717, 1.165) is 12.8 Å². The lowest BCUT2D eigenvalue weighted by Crippen LogP contribution is -2.34. The minimum atomic E-state index is -0.880. The van der Waals surface area contributed by atoms with Crippen molar-refractivity contribution in [3.05, 3.63) is 40.3 Å². The van der Waals surface area contributed by atoms with Crippen LogP contribution in [0.1, 0.15) is 18.5 Å². The third-order valence-corrected chi connectivity index (χ3v) is 3.42. The number of hydrogen-bond acceptors (Lipinski definition) is 4. The molecule has 1 aliphatic carbocycles. The lowest BCUT2D eigenvalue weighted by atomic mass is 10.3. The highest BCUT2D eigenvalue weighted by molar-refractivity contribution is 5.73. The first kappa shape index (κ1) is 12.8. The predicted octanol–water partition coefficient (Wildman–Crippen LogP) is 0.972. The lowest BCUT2D eigenvalue weighted by molar-refractivity contribution is -0.138. The van der Waals surface area contributed by atoms with Gasteiger partial charge in [0.25, 0.3) is 5.56 Å². The summed E-state index contributed by atoms with van der Waals surface area (Å²) in [6.45, 7) is 0.218. The van der Waals surface area contributed by atoms with Crippen LogP contribution in [0.25, 0.3) is 11.0 Å². The monoisotopic (exact) mass is 273 g/mol. The summed E-state index contributed by atoms with van der Waals surface area (Å²) in [5.41, 5.74) is 1.53. The van der Waals surface area contributed by atoms with Crippen LogP contribution in [0, 0.1) is 0 Å². The van der Waals surface area contributed by atoms with Crippen LogP contribution in [0.4, 0.5) is 0 Å². The molecule has 2 N–H and O–H groups in total. The number of benzene rings is 1. The number of hydrogen-bond donors (Lipinski definition) is 2. The molecule has 0 amide bonds. The van der Waals surface area contributed by atoms with Gasteiger partial charge in [0.1, 0.15) is 5.69 Å². The highest BCUT2D eigenvalue weighted by atomic mass is 16.4. The molecule has 3 rings (SSSR count). The van der Waals surface area contributed by atoms with Crippen molar-refractivity contribution in [3.8, 4) is 0 Å². The van der Waals surface area contributed by atoms with E-state index in [2.05, 4.69) is 9.97 Å². The average molecular weight is 273 g/mol. The van der Waals surface area contributed by atoms with Crippen LogP contribution >= 0.6 is 0 Å². The van der Waals surface area contributed by atoms with Gasteiger partial charge >= 0.3 is 5.97 Å². The summed E-state index contributed by atoms with van der Waals surface area (Å²) < 4.78 is 0. The Morgan fingerprint density at radius 2 is 2.15 bits per heavy atom. The molecule has 1 aromatic heterocycles. The van der Waals surface area contributed by atoms with E-state index in [4.69, 9.17) is 5.11 Å². The standard InChI is InChI=1S/C14H15N3O3/c18-13(19)8-17(9-5-6-9)7-12-14(20)16-11-4-2-1-3-10(11)15-12/h1-4,9H,5-8H2,(H,16,20)(H,18,19). The number of nitrogens with one attached hydrogen (secondary N) is 1. The zero-order valence-corrected chi connectivity index (χ0v) is 10.9. The van der Waals surface area contributed by atoms with Gasteiger partial charge in [0.15, 0.2) is 0 Å². The molecule has 1 heterocycles. The van der Waals surface area contributed by atoms with Gasteiger partial charge in [-0.3, -0.25) is 14.5 Å². The van der Waals surface area contributed by atoms with Crippen LogP contribution in [-0.2, 0) is 11.3 Å². The SMILES string of the molecule is O=C(O)CN(Cc1nc2ccccc2[nH]c1=O)C1CC1. The molecule has 6 nitrogen and oxygen atoms in total. The molecule has 104 valence electrons.